The number of amides is 3. The third-order valence-corrected chi connectivity index (χ3v) is 4.72. The van der Waals surface area contributed by atoms with Crippen molar-refractivity contribution in [1.82, 2.24) is 10.2 Å². The van der Waals surface area contributed by atoms with E-state index in [1.807, 2.05) is 55.5 Å². The Bertz CT molecular complexity index is 763. The summed E-state index contributed by atoms with van der Waals surface area (Å²) < 4.78 is 0. The first-order chi connectivity index (χ1) is 11.6. The molecular weight excluding hydrogens is 324 g/mol. The minimum absolute atomic E-state index is 0.169. The lowest BCUT2D eigenvalue weighted by atomic mass is 9.85. The Morgan fingerprint density at radius 1 is 1.04 bits per heavy atom. The van der Waals surface area contributed by atoms with Crippen LogP contribution in [0.5, 0.6) is 0 Å². The zero-order valence-electron chi connectivity index (χ0n) is 13.5. The zero-order valence-corrected chi connectivity index (χ0v) is 14.2. The molecule has 4 nitrogen and oxygen atoms in total. The lowest BCUT2D eigenvalue weighted by Gasteiger charge is -2.27. The van der Waals surface area contributed by atoms with Crippen molar-refractivity contribution in [2.24, 2.45) is 0 Å². The molecule has 1 aliphatic heterocycles. The zero-order chi connectivity index (χ0) is 17.2. The van der Waals surface area contributed by atoms with Crippen LogP contribution in [-0.2, 0) is 16.9 Å². The second kappa shape index (κ2) is 6.65. The standard InChI is InChI=1S/C19H19ClN2O2/c1-2-12-19(15-9-4-3-5-10-15)17(23)22(18(24)21-19)13-14-8-6-7-11-16(14)20/h3-11H,2,12-13H2,1H3,(H,21,24)/t19-/m1/s1. The molecule has 0 saturated carbocycles. The van der Waals surface area contributed by atoms with Crippen LogP contribution in [0.15, 0.2) is 54.6 Å². The van der Waals surface area contributed by atoms with E-state index in [0.29, 0.717) is 11.4 Å². The summed E-state index contributed by atoms with van der Waals surface area (Å²) in [5, 5.41) is 3.47. The maximum atomic E-state index is 13.1. The van der Waals surface area contributed by atoms with Crippen molar-refractivity contribution >= 4 is 23.5 Å². The van der Waals surface area contributed by atoms with Crippen molar-refractivity contribution in [2.75, 3.05) is 0 Å². The number of halogens is 1. The van der Waals surface area contributed by atoms with Gasteiger partial charge in [-0.15, -0.1) is 0 Å². The van der Waals surface area contributed by atoms with Gasteiger partial charge in [0.1, 0.15) is 5.54 Å². The van der Waals surface area contributed by atoms with Gasteiger partial charge >= 0.3 is 6.03 Å². The average Bonchev–Trinajstić information content (AvgIpc) is 2.83. The molecule has 1 heterocycles. The summed E-state index contributed by atoms with van der Waals surface area (Å²) in [6.07, 6.45) is 1.33. The molecule has 24 heavy (non-hydrogen) atoms. The number of hydrogen-bond acceptors (Lipinski definition) is 2. The summed E-state index contributed by atoms with van der Waals surface area (Å²) in [5.74, 6) is -0.222. The van der Waals surface area contributed by atoms with Gasteiger partial charge in [0.05, 0.1) is 6.54 Å². The van der Waals surface area contributed by atoms with Gasteiger partial charge in [0.15, 0.2) is 0 Å². The molecule has 2 aromatic carbocycles. The van der Waals surface area contributed by atoms with E-state index in [0.717, 1.165) is 17.5 Å². The Labute approximate surface area is 146 Å². The van der Waals surface area contributed by atoms with Crippen molar-refractivity contribution < 1.29 is 9.59 Å². The van der Waals surface area contributed by atoms with Crippen LogP contribution in [-0.4, -0.2) is 16.8 Å². The molecule has 0 spiro atoms. The van der Waals surface area contributed by atoms with E-state index in [1.165, 1.54) is 4.90 Å². The summed E-state index contributed by atoms with van der Waals surface area (Å²) >= 11 is 6.18. The molecule has 3 rings (SSSR count). The number of carbonyl (C=O) groups is 2. The molecule has 0 unspecified atom stereocenters. The fraction of sp³-hybridized carbons (Fsp3) is 0.263. The van der Waals surface area contributed by atoms with Crippen molar-refractivity contribution in [3.63, 3.8) is 0 Å². The van der Waals surface area contributed by atoms with Crippen molar-refractivity contribution in [2.45, 2.75) is 31.8 Å². The molecule has 0 bridgehead atoms. The number of nitrogens with one attached hydrogen (secondary N) is 1. The van der Waals surface area contributed by atoms with Gasteiger partial charge in [-0.1, -0.05) is 73.5 Å². The number of carbonyl (C=O) groups excluding carboxylic acids is 2. The topological polar surface area (TPSA) is 49.4 Å². The highest BCUT2D eigenvalue weighted by molar-refractivity contribution is 6.31. The first-order valence-electron chi connectivity index (χ1n) is 8.01. The van der Waals surface area contributed by atoms with Gasteiger partial charge in [-0.05, 0) is 23.6 Å². The summed E-state index contributed by atoms with van der Waals surface area (Å²) in [7, 11) is 0. The van der Waals surface area contributed by atoms with E-state index in [2.05, 4.69) is 5.32 Å². The lowest BCUT2D eigenvalue weighted by molar-refractivity contribution is -0.132. The maximum absolute atomic E-state index is 13.1. The van der Waals surface area contributed by atoms with Gasteiger partial charge in [-0.25, -0.2) is 4.79 Å². The highest BCUT2D eigenvalue weighted by Gasteiger charge is 2.51. The fourth-order valence-corrected chi connectivity index (χ4v) is 3.37. The molecule has 1 atom stereocenters. The largest absolute Gasteiger partial charge is 0.325 e. The monoisotopic (exact) mass is 342 g/mol. The van der Waals surface area contributed by atoms with Gasteiger partial charge in [0, 0.05) is 5.02 Å². The molecule has 2 aromatic rings. The number of benzene rings is 2. The van der Waals surface area contributed by atoms with Crippen LogP contribution in [0, 0.1) is 0 Å². The van der Waals surface area contributed by atoms with Crippen LogP contribution in [0.4, 0.5) is 4.79 Å². The van der Waals surface area contributed by atoms with Crippen LogP contribution in [0.3, 0.4) is 0 Å². The molecule has 1 fully saturated rings. The van der Waals surface area contributed by atoms with Crippen LogP contribution < -0.4 is 5.32 Å². The average molecular weight is 343 g/mol. The molecule has 1 saturated heterocycles. The van der Waals surface area contributed by atoms with Crippen LogP contribution in [0.2, 0.25) is 5.02 Å². The van der Waals surface area contributed by atoms with Gasteiger partial charge in [0.25, 0.3) is 5.91 Å². The minimum Gasteiger partial charge on any atom is -0.319 e. The predicted molar refractivity (Wildman–Crippen MR) is 93.6 cm³/mol. The Morgan fingerprint density at radius 2 is 1.71 bits per heavy atom. The van der Waals surface area contributed by atoms with Crippen LogP contribution in [0.25, 0.3) is 0 Å². The third-order valence-electron chi connectivity index (χ3n) is 4.35. The lowest BCUT2D eigenvalue weighted by Crippen LogP contribution is -2.43. The molecule has 5 heteroatoms. The van der Waals surface area contributed by atoms with E-state index in [4.69, 9.17) is 11.6 Å². The normalized spacial score (nSPS) is 20.3. The van der Waals surface area contributed by atoms with E-state index in [9.17, 15) is 9.59 Å². The van der Waals surface area contributed by atoms with Gasteiger partial charge in [-0.2, -0.15) is 0 Å². The quantitative estimate of drug-likeness (QED) is 0.832. The summed E-state index contributed by atoms with van der Waals surface area (Å²) in [4.78, 5) is 26.9. The van der Waals surface area contributed by atoms with E-state index >= 15 is 0 Å². The van der Waals surface area contributed by atoms with Crippen LogP contribution >= 0.6 is 11.6 Å². The number of imide groups is 1. The molecule has 3 amide bonds. The van der Waals surface area contributed by atoms with Crippen LogP contribution in [0.1, 0.15) is 30.9 Å². The number of rotatable bonds is 5. The van der Waals surface area contributed by atoms with Gasteiger partial charge < -0.3 is 5.32 Å². The van der Waals surface area contributed by atoms with Crippen molar-refractivity contribution in [1.29, 1.82) is 0 Å². The highest BCUT2D eigenvalue weighted by Crippen LogP contribution is 2.34. The van der Waals surface area contributed by atoms with E-state index < -0.39 is 5.54 Å². The Hall–Kier alpha value is -2.33. The molecule has 0 aliphatic carbocycles. The Kier molecular flexibility index (Phi) is 4.58. The van der Waals surface area contributed by atoms with Crippen molar-refractivity contribution in [3.8, 4) is 0 Å². The summed E-state index contributed by atoms with van der Waals surface area (Å²) in [6, 6.07) is 16.3. The molecule has 1 N–H and O–H groups in total. The van der Waals surface area contributed by atoms with Gasteiger partial charge in [-0.3, -0.25) is 9.69 Å². The molecule has 0 aromatic heterocycles. The van der Waals surface area contributed by atoms with Crippen molar-refractivity contribution in [3.05, 3.63) is 70.7 Å². The first-order valence-corrected chi connectivity index (χ1v) is 8.39. The number of hydrogen-bond donors (Lipinski definition) is 1. The molecule has 124 valence electrons. The Balaban J connectivity index is 1.96. The third kappa shape index (κ3) is 2.78. The SMILES string of the molecule is CCC[C@]1(c2ccccc2)NC(=O)N(Cc2ccccc2Cl)C1=O. The molecular formula is C19H19ClN2O2. The Morgan fingerprint density at radius 3 is 2.38 bits per heavy atom. The van der Waals surface area contributed by atoms with E-state index in [-0.39, 0.29) is 18.5 Å². The predicted octanol–water partition coefficient (Wildman–Crippen LogP) is 4.09. The second-order valence-electron chi connectivity index (χ2n) is 5.93. The summed E-state index contributed by atoms with van der Waals surface area (Å²) in [5.41, 5.74) is 0.573. The maximum Gasteiger partial charge on any atom is 0.325 e. The van der Waals surface area contributed by atoms with Gasteiger partial charge in [0.2, 0.25) is 0 Å². The van der Waals surface area contributed by atoms with E-state index in [1.54, 1.807) is 6.07 Å². The molecule has 1 aliphatic rings. The smallest absolute Gasteiger partial charge is 0.319 e. The number of urea groups is 1. The first kappa shape index (κ1) is 16.5. The number of nitrogens with zero attached hydrogens (tertiary/aromatic N) is 1. The second-order valence-corrected chi connectivity index (χ2v) is 6.34. The molecule has 0 radical (unpaired) electrons. The summed E-state index contributed by atoms with van der Waals surface area (Å²) in [6.45, 7) is 2.17. The highest BCUT2D eigenvalue weighted by atomic mass is 35.5. The minimum atomic E-state index is -0.992. The fourth-order valence-electron chi connectivity index (χ4n) is 3.17.